The van der Waals surface area contributed by atoms with Crippen LogP contribution in [-0.2, 0) is 4.79 Å². The fourth-order valence-electron chi connectivity index (χ4n) is 3.88. The summed E-state index contributed by atoms with van der Waals surface area (Å²) in [5.74, 6) is 2.01. The van der Waals surface area contributed by atoms with Gasteiger partial charge in [0.25, 0.3) is 0 Å². The van der Waals surface area contributed by atoms with Gasteiger partial charge in [0.05, 0.1) is 5.01 Å². The summed E-state index contributed by atoms with van der Waals surface area (Å²) in [7, 11) is 0. The summed E-state index contributed by atoms with van der Waals surface area (Å²) in [6, 6.07) is 10.6. The Morgan fingerprint density at radius 2 is 1.92 bits per heavy atom. The molecule has 4 rings (SSSR count). The Morgan fingerprint density at radius 3 is 2.54 bits per heavy atom. The molecule has 1 saturated heterocycles. The zero-order valence-electron chi connectivity index (χ0n) is 13.9. The predicted octanol–water partition coefficient (Wildman–Crippen LogP) is 4.43. The van der Waals surface area contributed by atoms with Gasteiger partial charge >= 0.3 is 0 Å². The summed E-state index contributed by atoms with van der Waals surface area (Å²) in [5.41, 5.74) is 1.34. The summed E-state index contributed by atoms with van der Waals surface area (Å²) < 4.78 is 0. The van der Waals surface area contributed by atoms with Crippen LogP contribution in [-0.4, -0.2) is 28.9 Å². The summed E-state index contributed by atoms with van der Waals surface area (Å²) in [6.07, 6.45) is 7.23. The van der Waals surface area contributed by atoms with Crippen molar-refractivity contribution in [2.45, 2.75) is 43.9 Å². The largest absolute Gasteiger partial charge is 0.343 e. The molecular formula is C20H24N2OS. The second-order valence-corrected chi connectivity index (χ2v) is 8.01. The molecule has 2 aliphatic rings. The van der Waals surface area contributed by atoms with Crippen LogP contribution in [0.1, 0.15) is 54.5 Å². The van der Waals surface area contributed by atoms with Crippen molar-refractivity contribution >= 4 is 17.2 Å². The minimum Gasteiger partial charge on any atom is -0.343 e. The van der Waals surface area contributed by atoms with E-state index in [1.54, 1.807) is 11.3 Å². The van der Waals surface area contributed by atoms with Crippen molar-refractivity contribution in [2.75, 3.05) is 13.1 Å². The van der Waals surface area contributed by atoms with E-state index in [1.807, 2.05) is 11.6 Å². The molecule has 2 aromatic rings. The van der Waals surface area contributed by atoms with E-state index in [0.717, 1.165) is 25.9 Å². The second kappa shape index (κ2) is 7.06. The predicted molar refractivity (Wildman–Crippen MR) is 97.2 cm³/mol. The minimum atomic E-state index is 0.341. The highest BCUT2D eigenvalue weighted by atomic mass is 32.1. The van der Waals surface area contributed by atoms with E-state index in [0.29, 0.717) is 30.1 Å². The molecule has 1 amide bonds. The van der Waals surface area contributed by atoms with Crippen LogP contribution in [0.3, 0.4) is 0 Å². The van der Waals surface area contributed by atoms with Gasteiger partial charge in [0.1, 0.15) is 0 Å². The van der Waals surface area contributed by atoms with E-state index >= 15 is 0 Å². The SMILES string of the molecule is O=C(CC(c1ccccc1)C1CC1)N1CCC(c2nccs2)CC1. The fraction of sp³-hybridized carbons (Fsp3) is 0.500. The van der Waals surface area contributed by atoms with Crippen molar-refractivity contribution in [3.63, 3.8) is 0 Å². The molecule has 1 aromatic heterocycles. The number of hydrogen-bond acceptors (Lipinski definition) is 3. The number of thiazole rings is 1. The number of piperidine rings is 1. The van der Waals surface area contributed by atoms with Crippen molar-refractivity contribution in [1.29, 1.82) is 0 Å². The number of benzene rings is 1. The lowest BCUT2D eigenvalue weighted by molar-refractivity contribution is -0.132. The van der Waals surface area contributed by atoms with Crippen molar-refractivity contribution in [3.05, 3.63) is 52.5 Å². The Hall–Kier alpha value is -1.68. The number of likely N-dealkylation sites (tertiary alicyclic amines) is 1. The van der Waals surface area contributed by atoms with Crippen LogP contribution in [0.5, 0.6) is 0 Å². The monoisotopic (exact) mass is 340 g/mol. The van der Waals surface area contributed by atoms with E-state index in [9.17, 15) is 4.79 Å². The lowest BCUT2D eigenvalue weighted by atomic mass is 9.90. The van der Waals surface area contributed by atoms with Gasteiger partial charge in [-0.25, -0.2) is 4.98 Å². The average molecular weight is 340 g/mol. The molecule has 24 heavy (non-hydrogen) atoms. The molecule has 1 atom stereocenters. The molecule has 126 valence electrons. The van der Waals surface area contributed by atoms with E-state index < -0.39 is 0 Å². The molecule has 0 radical (unpaired) electrons. The highest BCUT2D eigenvalue weighted by Gasteiger charge is 2.35. The van der Waals surface area contributed by atoms with Crippen molar-refractivity contribution in [2.24, 2.45) is 5.92 Å². The molecule has 2 fully saturated rings. The molecule has 4 heteroatoms. The first-order chi connectivity index (χ1) is 11.8. The Balaban J connectivity index is 1.36. The standard InChI is InChI=1S/C20H24N2OS/c23-19(14-18(16-6-7-16)15-4-2-1-3-5-15)22-11-8-17(9-12-22)20-21-10-13-24-20/h1-5,10,13,16-18H,6-9,11-12,14H2. The number of hydrogen-bond donors (Lipinski definition) is 0. The lowest BCUT2D eigenvalue weighted by Gasteiger charge is -2.32. The maximum absolute atomic E-state index is 12.8. The van der Waals surface area contributed by atoms with Crippen molar-refractivity contribution in [3.8, 4) is 0 Å². The summed E-state index contributed by atoms with van der Waals surface area (Å²) in [6.45, 7) is 1.77. The van der Waals surface area contributed by atoms with Gasteiger partial charge in [0, 0.05) is 37.0 Å². The van der Waals surface area contributed by atoms with Gasteiger partial charge in [-0.3, -0.25) is 4.79 Å². The fourth-order valence-corrected chi connectivity index (χ4v) is 4.70. The Morgan fingerprint density at radius 1 is 1.17 bits per heavy atom. The third kappa shape index (κ3) is 3.54. The zero-order chi connectivity index (χ0) is 16.4. The van der Waals surface area contributed by atoms with Crippen LogP contribution in [0.4, 0.5) is 0 Å². The smallest absolute Gasteiger partial charge is 0.223 e. The molecule has 2 heterocycles. The number of carbonyl (C=O) groups excluding carboxylic acids is 1. The topological polar surface area (TPSA) is 33.2 Å². The maximum atomic E-state index is 12.8. The van der Waals surface area contributed by atoms with Gasteiger partial charge < -0.3 is 4.90 Å². The van der Waals surface area contributed by atoms with Crippen LogP contribution in [0.25, 0.3) is 0 Å². The van der Waals surface area contributed by atoms with E-state index in [4.69, 9.17) is 0 Å². The van der Waals surface area contributed by atoms with Crippen LogP contribution in [0.15, 0.2) is 41.9 Å². The Labute approximate surface area is 147 Å². The Bertz CT molecular complexity index is 658. The second-order valence-electron chi connectivity index (χ2n) is 7.08. The molecule has 1 unspecified atom stereocenters. The molecule has 0 N–H and O–H groups in total. The quantitative estimate of drug-likeness (QED) is 0.806. The van der Waals surface area contributed by atoms with Crippen LogP contribution in [0, 0.1) is 5.92 Å². The third-order valence-corrected chi connectivity index (χ3v) is 6.40. The first-order valence-electron chi connectivity index (χ1n) is 9.03. The Kier molecular flexibility index (Phi) is 4.65. The first kappa shape index (κ1) is 15.8. The van der Waals surface area contributed by atoms with Gasteiger partial charge in [0.2, 0.25) is 5.91 Å². The number of carbonyl (C=O) groups is 1. The van der Waals surface area contributed by atoms with Gasteiger partial charge in [-0.1, -0.05) is 30.3 Å². The van der Waals surface area contributed by atoms with Gasteiger partial charge in [-0.2, -0.15) is 0 Å². The molecule has 0 bridgehead atoms. The van der Waals surface area contributed by atoms with Crippen molar-refractivity contribution < 1.29 is 4.79 Å². The van der Waals surface area contributed by atoms with Crippen LogP contribution >= 0.6 is 11.3 Å². The van der Waals surface area contributed by atoms with E-state index in [1.165, 1.54) is 23.4 Å². The van der Waals surface area contributed by atoms with Crippen LogP contribution < -0.4 is 0 Å². The molecule has 1 aliphatic carbocycles. The number of rotatable bonds is 5. The molecule has 3 nitrogen and oxygen atoms in total. The molecule has 1 saturated carbocycles. The van der Waals surface area contributed by atoms with Gasteiger partial charge in [-0.05, 0) is 43.1 Å². The first-order valence-corrected chi connectivity index (χ1v) is 9.91. The van der Waals surface area contributed by atoms with Crippen LogP contribution in [0.2, 0.25) is 0 Å². The lowest BCUT2D eigenvalue weighted by Crippen LogP contribution is -2.38. The van der Waals surface area contributed by atoms with Gasteiger partial charge in [-0.15, -0.1) is 11.3 Å². The average Bonchev–Trinajstić information content (AvgIpc) is 3.33. The van der Waals surface area contributed by atoms with Crippen molar-refractivity contribution in [1.82, 2.24) is 9.88 Å². The van der Waals surface area contributed by atoms with E-state index in [2.05, 4.69) is 40.2 Å². The maximum Gasteiger partial charge on any atom is 0.223 e. The highest BCUT2D eigenvalue weighted by molar-refractivity contribution is 7.09. The summed E-state index contributed by atoms with van der Waals surface area (Å²) in [4.78, 5) is 19.4. The highest BCUT2D eigenvalue weighted by Crippen LogP contribution is 2.44. The minimum absolute atomic E-state index is 0.341. The zero-order valence-corrected chi connectivity index (χ0v) is 14.8. The normalized spacial score (nSPS) is 20.1. The summed E-state index contributed by atoms with van der Waals surface area (Å²) >= 11 is 1.74. The number of aromatic nitrogens is 1. The molecule has 1 aliphatic heterocycles. The van der Waals surface area contributed by atoms with E-state index in [-0.39, 0.29) is 0 Å². The molecule has 1 aromatic carbocycles. The number of nitrogens with zero attached hydrogens (tertiary/aromatic N) is 2. The number of amides is 1. The molecule has 0 spiro atoms. The summed E-state index contributed by atoms with van der Waals surface area (Å²) in [5, 5.41) is 3.29. The molecular weight excluding hydrogens is 316 g/mol. The third-order valence-electron chi connectivity index (χ3n) is 5.46. The van der Waals surface area contributed by atoms with Gasteiger partial charge in [0.15, 0.2) is 0 Å².